The quantitative estimate of drug-likeness (QED) is 0.351. The number of ether oxygens (including phenoxy) is 2. The molecule has 1 aromatic carbocycles. The highest BCUT2D eigenvalue weighted by molar-refractivity contribution is 6.06. The summed E-state index contributed by atoms with van der Waals surface area (Å²) in [6, 6.07) is 7.19. The van der Waals surface area contributed by atoms with Crippen LogP contribution in [0.3, 0.4) is 0 Å². The number of carbonyl (C=O) groups is 2. The van der Waals surface area contributed by atoms with Crippen molar-refractivity contribution in [3.8, 4) is 5.75 Å². The van der Waals surface area contributed by atoms with Gasteiger partial charge < -0.3 is 19.0 Å². The Morgan fingerprint density at radius 1 is 1.27 bits per heavy atom. The molecule has 0 spiro atoms. The van der Waals surface area contributed by atoms with Gasteiger partial charge in [0.05, 0.1) is 13.2 Å². The molecule has 0 aliphatic rings. The first-order valence-electron chi connectivity index (χ1n) is 7.87. The van der Waals surface area contributed by atoms with Gasteiger partial charge in [-0.05, 0) is 32.0 Å². The number of ketones is 1. The SMILES string of the molecule is COC(=O)C(O)=CC(=O)c1ccc(Cc2ccc(F)cc2OC(C)C)o1. The molecular formula is C19H19FO6. The first kappa shape index (κ1) is 19.2. The predicted molar refractivity (Wildman–Crippen MR) is 90.7 cm³/mol. The molecule has 7 heteroatoms. The number of allylic oxidation sites excluding steroid dienone is 1. The van der Waals surface area contributed by atoms with Crippen molar-refractivity contribution < 1.29 is 33.0 Å². The van der Waals surface area contributed by atoms with E-state index >= 15 is 0 Å². The molecule has 0 unspecified atom stereocenters. The van der Waals surface area contributed by atoms with Crippen molar-refractivity contribution in [2.75, 3.05) is 7.11 Å². The third-order valence-corrected chi connectivity index (χ3v) is 3.32. The third kappa shape index (κ3) is 4.95. The minimum absolute atomic E-state index is 0.0520. The molecule has 0 saturated heterocycles. The molecule has 0 saturated carbocycles. The molecule has 1 aromatic heterocycles. The number of hydrogen-bond acceptors (Lipinski definition) is 6. The summed E-state index contributed by atoms with van der Waals surface area (Å²) in [5.74, 6) is -2.15. The van der Waals surface area contributed by atoms with Crippen molar-refractivity contribution in [3.05, 3.63) is 65.1 Å². The second-order valence-corrected chi connectivity index (χ2v) is 5.75. The molecule has 0 fully saturated rings. The zero-order valence-electron chi connectivity index (χ0n) is 14.6. The summed E-state index contributed by atoms with van der Waals surface area (Å²) in [6.07, 6.45) is 0.873. The number of hydrogen-bond donors (Lipinski definition) is 1. The van der Waals surface area contributed by atoms with E-state index < -0.39 is 23.3 Å². The van der Waals surface area contributed by atoms with Crippen LogP contribution in [0.5, 0.6) is 5.75 Å². The van der Waals surface area contributed by atoms with Crippen molar-refractivity contribution in [1.29, 1.82) is 0 Å². The van der Waals surface area contributed by atoms with Crippen molar-refractivity contribution in [3.63, 3.8) is 0 Å². The number of rotatable bonds is 7. The lowest BCUT2D eigenvalue weighted by molar-refractivity contribution is -0.139. The number of aliphatic hydroxyl groups excluding tert-OH is 1. The van der Waals surface area contributed by atoms with E-state index in [2.05, 4.69) is 4.74 Å². The molecule has 1 heterocycles. The van der Waals surface area contributed by atoms with Crippen LogP contribution in [-0.2, 0) is 16.0 Å². The number of furan rings is 1. The molecule has 1 N–H and O–H groups in total. The van der Waals surface area contributed by atoms with Gasteiger partial charge in [-0.1, -0.05) is 6.07 Å². The monoisotopic (exact) mass is 362 g/mol. The Hall–Kier alpha value is -3.09. The molecule has 0 bridgehead atoms. The van der Waals surface area contributed by atoms with Crippen LogP contribution in [0.4, 0.5) is 4.39 Å². The second kappa shape index (κ2) is 8.33. The van der Waals surface area contributed by atoms with Crippen LogP contribution >= 0.6 is 0 Å². The van der Waals surface area contributed by atoms with E-state index in [4.69, 9.17) is 9.15 Å². The molecular weight excluding hydrogens is 343 g/mol. The molecule has 0 aliphatic heterocycles. The average Bonchev–Trinajstić information content (AvgIpc) is 3.04. The van der Waals surface area contributed by atoms with E-state index in [-0.39, 0.29) is 18.3 Å². The topological polar surface area (TPSA) is 86.0 Å². The Morgan fingerprint density at radius 2 is 2.00 bits per heavy atom. The highest BCUT2D eigenvalue weighted by atomic mass is 19.1. The van der Waals surface area contributed by atoms with Crippen molar-refractivity contribution in [1.82, 2.24) is 0 Å². The highest BCUT2D eigenvalue weighted by Gasteiger charge is 2.16. The minimum Gasteiger partial charge on any atom is -0.502 e. The van der Waals surface area contributed by atoms with E-state index in [0.717, 1.165) is 13.2 Å². The highest BCUT2D eigenvalue weighted by Crippen LogP contribution is 2.25. The maximum absolute atomic E-state index is 13.4. The summed E-state index contributed by atoms with van der Waals surface area (Å²) >= 11 is 0. The summed E-state index contributed by atoms with van der Waals surface area (Å²) in [4.78, 5) is 23.1. The fourth-order valence-electron chi connectivity index (χ4n) is 2.19. The van der Waals surface area contributed by atoms with Crippen LogP contribution in [0.25, 0.3) is 0 Å². The van der Waals surface area contributed by atoms with E-state index in [9.17, 15) is 19.1 Å². The van der Waals surface area contributed by atoms with Gasteiger partial charge in [0.1, 0.15) is 17.3 Å². The molecule has 0 radical (unpaired) electrons. The Bertz CT molecular complexity index is 834. The van der Waals surface area contributed by atoms with E-state index in [0.29, 0.717) is 17.1 Å². The standard InChI is InChI=1S/C19H19FO6/c1-11(2)25-18-9-13(20)5-4-12(18)8-14-6-7-17(26-14)15(21)10-16(22)19(23)24-3/h4-7,9-11,22H,8H2,1-3H3. The first-order chi connectivity index (χ1) is 12.3. The van der Waals surface area contributed by atoms with E-state index in [1.807, 2.05) is 13.8 Å². The largest absolute Gasteiger partial charge is 0.502 e. The lowest BCUT2D eigenvalue weighted by Crippen LogP contribution is -2.08. The maximum atomic E-state index is 13.4. The van der Waals surface area contributed by atoms with Gasteiger partial charge in [-0.15, -0.1) is 0 Å². The number of carbonyl (C=O) groups excluding carboxylic acids is 2. The Balaban J connectivity index is 2.19. The Labute approximate surface area is 149 Å². The normalized spacial score (nSPS) is 11.5. The maximum Gasteiger partial charge on any atom is 0.373 e. The van der Waals surface area contributed by atoms with Crippen LogP contribution in [0.1, 0.15) is 35.7 Å². The Kier molecular flexibility index (Phi) is 6.16. The van der Waals surface area contributed by atoms with Crippen molar-refractivity contribution in [2.24, 2.45) is 0 Å². The molecule has 138 valence electrons. The van der Waals surface area contributed by atoms with Crippen molar-refractivity contribution in [2.45, 2.75) is 26.4 Å². The number of benzene rings is 1. The van der Waals surface area contributed by atoms with Gasteiger partial charge in [0.25, 0.3) is 0 Å². The third-order valence-electron chi connectivity index (χ3n) is 3.32. The van der Waals surface area contributed by atoms with Gasteiger partial charge >= 0.3 is 5.97 Å². The van der Waals surface area contributed by atoms with Crippen LogP contribution in [0.2, 0.25) is 0 Å². The lowest BCUT2D eigenvalue weighted by Gasteiger charge is -2.13. The van der Waals surface area contributed by atoms with Crippen LogP contribution in [-0.4, -0.2) is 30.1 Å². The second-order valence-electron chi connectivity index (χ2n) is 5.75. The smallest absolute Gasteiger partial charge is 0.373 e. The average molecular weight is 362 g/mol. The summed E-state index contributed by atoms with van der Waals surface area (Å²) in [6.45, 7) is 3.66. The number of aliphatic hydroxyl groups is 1. The molecule has 0 aliphatic carbocycles. The summed E-state index contributed by atoms with van der Waals surface area (Å²) in [5.41, 5.74) is 0.696. The van der Waals surface area contributed by atoms with Crippen LogP contribution in [0, 0.1) is 5.82 Å². The minimum atomic E-state index is -1.02. The van der Waals surface area contributed by atoms with Gasteiger partial charge in [0.15, 0.2) is 5.76 Å². The molecule has 2 aromatic rings. The number of halogens is 1. The number of esters is 1. The molecule has 0 atom stereocenters. The molecule has 2 rings (SSSR count). The van der Waals surface area contributed by atoms with Crippen molar-refractivity contribution >= 4 is 11.8 Å². The Morgan fingerprint density at radius 3 is 2.65 bits per heavy atom. The van der Waals surface area contributed by atoms with E-state index in [1.165, 1.54) is 18.2 Å². The van der Waals surface area contributed by atoms with Crippen LogP contribution < -0.4 is 4.74 Å². The molecule has 0 amide bonds. The predicted octanol–water partition coefficient (Wildman–Crippen LogP) is 3.59. The van der Waals surface area contributed by atoms with Gasteiger partial charge in [0, 0.05) is 24.1 Å². The fraction of sp³-hybridized carbons (Fsp3) is 0.263. The first-order valence-corrected chi connectivity index (χ1v) is 7.87. The van der Waals surface area contributed by atoms with Gasteiger partial charge in [-0.2, -0.15) is 0 Å². The number of methoxy groups -OCH3 is 1. The summed E-state index contributed by atoms with van der Waals surface area (Å²) in [7, 11) is 1.08. The molecule has 6 nitrogen and oxygen atoms in total. The van der Waals surface area contributed by atoms with Gasteiger partial charge in [-0.25, -0.2) is 9.18 Å². The van der Waals surface area contributed by atoms with Crippen LogP contribution in [0.15, 0.2) is 46.6 Å². The van der Waals surface area contributed by atoms with Gasteiger partial charge in [-0.3, -0.25) is 4.79 Å². The van der Waals surface area contributed by atoms with Gasteiger partial charge in [0.2, 0.25) is 11.5 Å². The fourth-order valence-corrected chi connectivity index (χ4v) is 2.19. The zero-order chi connectivity index (χ0) is 19.3. The summed E-state index contributed by atoms with van der Waals surface area (Å²) < 4.78 is 28.8. The zero-order valence-corrected chi connectivity index (χ0v) is 14.6. The summed E-state index contributed by atoms with van der Waals surface area (Å²) in [5, 5.41) is 9.41. The molecule has 26 heavy (non-hydrogen) atoms. The lowest BCUT2D eigenvalue weighted by atomic mass is 10.1. The van der Waals surface area contributed by atoms with E-state index in [1.54, 1.807) is 12.1 Å².